The normalized spacial score (nSPS) is 22.7. The molecule has 1 aromatic rings. The van der Waals surface area contributed by atoms with E-state index in [1.165, 1.54) is 0 Å². The molecule has 1 unspecified atom stereocenters. The van der Waals surface area contributed by atoms with Crippen molar-refractivity contribution in [1.29, 1.82) is 0 Å². The Balaban J connectivity index is 1.76. The highest BCUT2D eigenvalue weighted by atomic mass is 16.6. The van der Waals surface area contributed by atoms with Gasteiger partial charge in [0.25, 0.3) is 0 Å². The average molecular weight is 302 g/mol. The number of cyclic esters (lactones) is 2. The van der Waals surface area contributed by atoms with E-state index < -0.39 is 11.9 Å². The maximum atomic E-state index is 11.9. The van der Waals surface area contributed by atoms with Gasteiger partial charge in [0, 0.05) is 5.92 Å². The van der Waals surface area contributed by atoms with Crippen LogP contribution in [-0.2, 0) is 14.3 Å². The fourth-order valence-electron chi connectivity index (χ4n) is 3.22. The molecule has 0 fully saturated rings. The molecule has 23 heavy (non-hydrogen) atoms. The Hall–Kier alpha value is -2.94. The number of esters is 2. The van der Waals surface area contributed by atoms with E-state index in [4.69, 9.17) is 4.74 Å². The van der Waals surface area contributed by atoms with Crippen molar-refractivity contribution in [3.05, 3.63) is 88.6 Å². The zero-order chi connectivity index (χ0) is 15.8. The van der Waals surface area contributed by atoms with Crippen molar-refractivity contribution in [3.63, 3.8) is 0 Å². The quantitative estimate of drug-likeness (QED) is 0.620. The van der Waals surface area contributed by atoms with Crippen LogP contribution in [0.25, 0.3) is 6.08 Å². The number of hydrogen-bond acceptors (Lipinski definition) is 3. The van der Waals surface area contributed by atoms with Crippen molar-refractivity contribution in [3.8, 4) is 0 Å². The average Bonchev–Trinajstić information content (AvgIpc) is 2.59. The second kappa shape index (κ2) is 5.36. The molecule has 0 saturated carbocycles. The molecule has 0 spiro atoms. The van der Waals surface area contributed by atoms with Crippen LogP contribution in [0.3, 0.4) is 0 Å². The van der Waals surface area contributed by atoms with E-state index >= 15 is 0 Å². The van der Waals surface area contributed by atoms with Crippen molar-refractivity contribution in [1.82, 2.24) is 0 Å². The van der Waals surface area contributed by atoms with Gasteiger partial charge in [0.15, 0.2) is 0 Å². The molecule has 0 radical (unpaired) electrons. The van der Waals surface area contributed by atoms with Gasteiger partial charge >= 0.3 is 11.9 Å². The Kier molecular flexibility index (Phi) is 3.19. The lowest BCUT2D eigenvalue weighted by Crippen LogP contribution is -2.30. The van der Waals surface area contributed by atoms with Gasteiger partial charge in [-0.05, 0) is 29.2 Å². The van der Waals surface area contributed by atoms with Gasteiger partial charge in [-0.2, -0.15) is 0 Å². The number of allylic oxidation sites excluding steroid dienone is 5. The predicted octanol–water partition coefficient (Wildman–Crippen LogP) is 3.52. The molecule has 1 aliphatic heterocycles. The fraction of sp³-hybridized carbons (Fsp3) is 0.100. The molecule has 0 amide bonds. The monoisotopic (exact) mass is 302 g/mol. The number of benzene rings is 1. The highest BCUT2D eigenvalue weighted by Gasteiger charge is 2.38. The zero-order valence-corrected chi connectivity index (χ0v) is 12.4. The third-order valence-electron chi connectivity index (χ3n) is 4.32. The highest BCUT2D eigenvalue weighted by Crippen LogP contribution is 2.42. The zero-order valence-electron chi connectivity index (χ0n) is 12.4. The van der Waals surface area contributed by atoms with Crippen LogP contribution in [0.4, 0.5) is 0 Å². The van der Waals surface area contributed by atoms with Crippen molar-refractivity contribution in [2.45, 2.75) is 6.42 Å². The van der Waals surface area contributed by atoms with E-state index in [0.29, 0.717) is 11.1 Å². The maximum Gasteiger partial charge on any atom is 0.346 e. The van der Waals surface area contributed by atoms with Crippen molar-refractivity contribution in [2.75, 3.05) is 0 Å². The van der Waals surface area contributed by atoms with Gasteiger partial charge in [0.2, 0.25) is 0 Å². The smallest absolute Gasteiger partial charge is 0.346 e. The lowest BCUT2D eigenvalue weighted by atomic mass is 9.74. The van der Waals surface area contributed by atoms with Crippen molar-refractivity contribution >= 4 is 18.0 Å². The van der Waals surface area contributed by atoms with E-state index in [1.807, 2.05) is 48.6 Å². The minimum absolute atomic E-state index is 0.0340. The molecule has 3 aliphatic rings. The molecule has 1 aromatic carbocycles. The molecular formula is C20H14O3. The number of ether oxygens (including phenoxy) is 1. The van der Waals surface area contributed by atoms with Gasteiger partial charge in [0.1, 0.15) is 0 Å². The lowest BCUT2D eigenvalue weighted by Gasteiger charge is -2.31. The summed E-state index contributed by atoms with van der Waals surface area (Å²) in [6.07, 6.45) is 12.3. The van der Waals surface area contributed by atoms with Crippen LogP contribution in [0, 0.1) is 5.92 Å². The minimum Gasteiger partial charge on any atom is -0.386 e. The second-order valence-corrected chi connectivity index (χ2v) is 5.69. The molecule has 3 nitrogen and oxygen atoms in total. The van der Waals surface area contributed by atoms with E-state index in [0.717, 1.165) is 23.1 Å². The van der Waals surface area contributed by atoms with Gasteiger partial charge in [-0.3, -0.25) is 0 Å². The van der Waals surface area contributed by atoms with Gasteiger partial charge in [-0.15, -0.1) is 0 Å². The predicted molar refractivity (Wildman–Crippen MR) is 87.0 cm³/mol. The number of hydrogen-bond donors (Lipinski definition) is 0. The Morgan fingerprint density at radius 2 is 1.83 bits per heavy atom. The summed E-state index contributed by atoms with van der Waals surface area (Å²) in [6, 6.07) is 10.0. The van der Waals surface area contributed by atoms with Crippen LogP contribution < -0.4 is 0 Å². The Labute approximate surface area is 134 Å². The first kappa shape index (κ1) is 13.7. The van der Waals surface area contributed by atoms with Crippen LogP contribution in [-0.4, -0.2) is 11.9 Å². The third kappa shape index (κ3) is 2.30. The number of rotatable bonds is 2. The molecule has 1 atom stereocenters. The summed E-state index contributed by atoms with van der Waals surface area (Å²) in [7, 11) is 0. The summed E-state index contributed by atoms with van der Waals surface area (Å²) in [5.74, 6) is -1.06. The standard InChI is InChI=1S/C20H14O3/c21-19-16-8-4-7-15-14(10-9-13-5-2-1-3-6-13)11-12-17(18(15)16)20(22)23-19/h1-6,8-12,15H,7H2/b10-9+. The number of carbonyl (C=O) groups excluding carboxylic acids is 2. The van der Waals surface area contributed by atoms with Crippen molar-refractivity contribution in [2.24, 2.45) is 5.92 Å². The lowest BCUT2D eigenvalue weighted by molar-refractivity contribution is -0.154. The van der Waals surface area contributed by atoms with Gasteiger partial charge in [-0.1, -0.05) is 60.7 Å². The summed E-state index contributed by atoms with van der Waals surface area (Å²) in [5.41, 5.74) is 4.03. The van der Waals surface area contributed by atoms with Crippen LogP contribution in [0.15, 0.2) is 83.0 Å². The Morgan fingerprint density at radius 3 is 2.65 bits per heavy atom. The van der Waals surface area contributed by atoms with E-state index in [9.17, 15) is 9.59 Å². The van der Waals surface area contributed by atoms with Crippen LogP contribution in [0.2, 0.25) is 0 Å². The molecule has 4 rings (SSSR count). The van der Waals surface area contributed by atoms with Gasteiger partial charge in [-0.25, -0.2) is 9.59 Å². The molecule has 3 heteroatoms. The molecular weight excluding hydrogens is 288 g/mol. The maximum absolute atomic E-state index is 11.9. The molecule has 112 valence electrons. The molecule has 0 N–H and O–H groups in total. The summed E-state index contributed by atoms with van der Waals surface area (Å²) in [6.45, 7) is 0. The summed E-state index contributed by atoms with van der Waals surface area (Å²) in [4.78, 5) is 23.9. The minimum atomic E-state index is -0.545. The molecule has 2 aliphatic carbocycles. The molecule has 0 saturated heterocycles. The highest BCUT2D eigenvalue weighted by molar-refractivity contribution is 6.12. The van der Waals surface area contributed by atoms with E-state index in [1.54, 1.807) is 12.2 Å². The van der Waals surface area contributed by atoms with Gasteiger partial charge < -0.3 is 4.74 Å². The number of carbonyl (C=O) groups is 2. The second-order valence-electron chi connectivity index (χ2n) is 5.69. The van der Waals surface area contributed by atoms with Crippen LogP contribution in [0.5, 0.6) is 0 Å². The first-order chi connectivity index (χ1) is 11.2. The molecule has 0 bridgehead atoms. The van der Waals surface area contributed by atoms with Crippen LogP contribution >= 0.6 is 0 Å². The topological polar surface area (TPSA) is 43.4 Å². The Morgan fingerprint density at radius 1 is 1.00 bits per heavy atom. The first-order valence-corrected chi connectivity index (χ1v) is 7.56. The summed E-state index contributed by atoms with van der Waals surface area (Å²) in [5, 5.41) is 0. The fourth-order valence-corrected chi connectivity index (χ4v) is 3.22. The molecule has 1 heterocycles. The van der Waals surface area contributed by atoms with Crippen LogP contribution in [0.1, 0.15) is 12.0 Å². The first-order valence-electron chi connectivity index (χ1n) is 7.56. The van der Waals surface area contributed by atoms with E-state index in [-0.39, 0.29) is 5.92 Å². The van der Waals surface area contributed by atoms with Gasteiger partial charge in [0.05, 0.1) is 11.1 Å². The van der Waals surface area contributed by atoms with E-state index in [2.05, 4.69) is 6.08 Å². The summed E-state index contributed by atoms with van der Waals surface area (Å²) >= 11 is 0. The summed E-state index contributed by atoms with van der Waals surface area (Å²) < 4.78 is 4.80. The van der Waals surface area contributed by atoms with Crippen molar-refractivity contribution < 1.29 is 14.3 Å². The Bertz CT molecular complexity index is 848. The SMILES string of the molecule is O=C1OC(=O)C2=C3C1=CC=C(/C=C/c1ccccc1)C3CC=C2. The largest absolute Gasteiger partial charge is 0.386 e. The molecule has 0 aromatic heterocycles. The third-order valence-corrected chi connectivity index (χ3v) is 4.32.